The average molecular weight is 195 g/mol. The summed E-state index contributed by atoms with van der Waals surface area (Å²) in [7, 11) is 3.40. The van der Waals surface area contributed by atoms with Crippen LogP contribution in [0.1, 0.15) is 12.0 Å². The molecule has 2 nitrogen and oxygen atoms in total. The molecule has 0 N–H and O–H groups in total. The van der Waals surface area contributed by atoms with Gasteiger partial charge in [0.2, 0.25) is 5.91 Å². The first-order chi connectivity index (χ1) is 6.61. The number of aryl methyl sites for hydroxylation is 1. The molecule has 0 spiro atoms. The largest absolute Gasteiger partial charge is 0.349 e. The maximum Gasteiger partial charge on any atom is 0.222 e. The number of rotatable bonds is 3. The van der Waals surface area contributed by atoms with Gasteiger partial charge < -0.3 is 4.90 Å². The van der Waals surface area contributed by atoms with Crippen molar-refractivity contribution in [1.82, 2.24) is 4.90 Å². The topological polar surface area (TPSA) is 20.3 Å². The molecular formula is C11H14FNO. The van der Waals surface area contributed by atoms with Gasteiger partial charge in [-0.25, -0.2) is 4.39 Å². The van der Waals surface area contributed by atoms with E-state index >= 15 is 0 Å². The summed E-state index contributed by atoms with van der Waals surface area (Å²) in [6.07, 6.45) is 0.817. The van der Waals surface area contributed by atoms with Crippen molar-refractivity contribution in [3.8, 4) is 0 Å². The fraction of sp³-hybridized carbons (Fsp3) is 0.364. The molecule has 0 atom stereocenters. The van der Waals surface area contributed by atoms with E-state index in [0.29, 0.717) is 18.4 Å². The number of carbonyl (C=O) groups is 1. The Labute approximate surface area is 83.3 Å². The van der Waals surface area contributed by atoms with Gasteiger partial charge in [0.05, 0.1) is 0 Å². The van der Waals surface area contributed by atoms with Gasteiger partial charge in [-0.3, -0.25) is 4.79 Å². The minimum Gasteiger partial charge on any atom is -0.349 e. The Bertz CT molecular complexity index is 323. The number of nitrogens with zero attached hydrogens (tertiary/aromatic N) is 1. The molecule has 14 heavy (non-hydrogen) atoms. The third-order valence-electron chi connectivity index (χ3n) is 2.06. The molecule has 1 aromatic rings. The zero-order valence-electron chi connectivity index (χ0n) is 8.46. The van der Waals surface area contributed by atoms with Crippen molar-refractivity contribution in [2.24, 2.45) is 0 Å². The van der Waals surface area contributed by atoms with Gasteiger partial charge in [0.25, 0.3) is 0 Å². The van der Waals surface area contributed by atoms with Crippen LogP contribution in [-0.4, -0.2) is 24.9 Å². The smallest absolute Gasteiger partial charge is 0.222 e. The lowest BCUT2D eigenvalue weighted by atomic mass is 10.1. The van der Waals surface area contributed by atoms with Crippen LogP contribution in [0.2, 0.25) is 0 Å². The van der Waals surface area contributed by atoms with Gasteiger partial charge >= 0.3 is 0 Å². The van der Waals surface area contributed by atoms with Crippen LogP contribution in [0.15, 0.2) is 24.3 Å². The molecule has 76 valence electrons. The van der Waals surface area contributed by atoms with Crippen molar-refractivity contribution in [1.29, 1.82) is 0 Å². The van der Waals surface area contributed by atoms with Crippen LogP contribution in [0.3, 0.4) is 0 Å². The maximum atomic E-state index is 13.1. The van der Waals surface area contributed by atoms with Crippen LogP contribution in [0.4, 0.5) is 4.39 Å². The Hall–Kier alpha value is -1.38. The molecule has 0 heterocycles. The van der Waals surface area contributed by atoms with E-state index in [1.807, 2.05) is 0 Å². The Morgan fingerprint density at radius 2 is 2.00 bits per heavy atom. The fourth-order valence-electron chi connectivity index (χ4n) is 1.17. The second kappa shape index (κ2) is 4.74. The summed E-state index contributed by atoms with van der Waals surface area (Å²) >= 11 is 0. The summed E-state index contributed by atoms with van der Waals surface area (Å²) in [5, 5.41) is 0. The van der Waals surface area contributed by atoms with Crippen molar-refractivity contribution < 1.29 is 9.18 Å². The number of hydrogen-bond donors (Lipinski definition) is 0. The summed E-state index contributed by atoms with van der Waals surface area (Å²) < 4.78 is 13.1. The maximum absolute atomic E-state index is 13.1. The summed E-state index contributed by atoms with van der Waals surface area (Å²) in [6, 6.07) is 6.54. The zero-order valence-corrected chi connectivity index (χ0v) is 8.46. The van der Waals surface area contributed by atoms with E-state index in [2.05, 4.69) is 0 Å². The first-order valence-electron chi connectivity index (χ1n) is 4.55. The molecule has 0 aromatic heterocycles. The van der Waals surface area contributed by atoms with Crippen molar-refractivity contribution in [3.05, 3.63) is 35.6 Å². The molecule has 0 saturated heterocycles. The highest BCUT2D eigenvalue weighted by molar-refractivity contribution is 5.75. The lowest BCUT2D eigenvalue weighted by molar-refractivity contribution is -0.128. The van der Waals surface area contributed by atoms with E-state index in [1.54, 1.807) is 32.3 Å². The lowest BCUT2D eigenvalue weighted by Gasteiger charge is -2.09. The molecule has 0 aliphatic rings. The molecule has 0 aliphatic heterocycles. The zero-order chi connectivity index (χ0) is 10.6. The Kier molecular flexibility index (Phi) is 3.63. The Balaban J connectivity index is 2.54. The number of benzene rings is 1. The predicted molar refractivity (Wildman–Crippen MR) is 53.4 cm³/mol. The van der Waals surface area contributed by atoms with Crippen LogP contribution >= 0.6 is 0 Å². The minimum atomic E-state index is -0.237. The number of hydrogen-bond acceptors (Lipinski definition) is 1. The van der Waals surface area contributed by atoms with Crippen LogP contribution in [0.5, 0.6) is 0 Å². The monoisotopic (exact) mass is 195 g/mol. The van der Waals surface area contributed by atoms with Crippen LogP contribution in [-0.2, 0) is 11.2 Å². The quantitative estimate of drug-likeness (QED) is 0.720. The standard InChI is InChI=1S/C11H14FNO/c1-13(2)11(14)8-7-9-5-3-4-6-10(9)12/h3-6H,7-8H2,1-2H3. The molecule has 0 aliphatic carbocycles. The third-order valence-corrected chi connectivity index (χ3v) is 2.06. The second-order valence-corrected chi connectivity index (χ2v) is 3.38. The SMILES string of the molecule is CN(C)C(=O)CCc1ccccc1F. The molecule has 0 saturated carbocycles. The van der Waals surface area contributed by atoms with Gasteiger partial charge in [0.15, 0.2) is 0 Å². The van der Waals surface area contributed by atoms with Gasteiger partial charge in [-0.2, -0.15) is 0 Å². The summed E-state index contributed by atoms with van der Waals surface area (Å²) in [6.45, 7) is 0. The van der Waals surface area contributed by atoms with Crippen molar-refractivity contribution in [2.45, 2.75) is 12.8 Å². The molecular weight excluding hydrogens is 181 g/mol. The molecule has 3 heteroatoms. The van der Waals surface area contributed by atoms with Crippen LogP contribution in [0.25, 0.3) is 0 Å². The van der Waals surface area contributed by atoms with E-state index in [-0.39, 0.29) is 11.7 Å². The van der Waals surface area contributed by atoms with E-state index in [4.69, 9.17) is 0 Å². The summed E-state index contributed by atoms with van der Waals surface area (Å²) in [4.78, 5) is 12.7. The molecule has 1 rings (SSSR count). The van der Waals surface area contributed by atoms with Crippen molar-refractivity contribution in [3.63, 3.8) is 0 Å². The number of amides is 1. The average Bonchev–Trinajstić information content (AvgIpc) is 2.16. The molecule has 0 unspecified atom stereocenters. The van der Waals surface area contributed by atoms with Crippen LogP contribution < -0.4 is 0 Å². The Morgan fingerprint density at radius 1 is 1.36 bits per heavy atom. The summed E-state index contributed by atoms with van der Waals surface area (Å²) in [5.74, 6) is -0.215. The van der Waals surface area contributed by atoms with Gasteiger partial charge in [-0.15, -0.1) is 0 Å². The van der Waals surface area contributed by atoms with Gasteiger partial charge in [0, 0.05) is 20.5 Å². The summed E-state index contributed by atoms with van der Waals surface area (Å²) in [5.41, 5.74) is 0.600. The molecule has 0 fully saturated rings. The van der Waals surface area contributed by atoms with Crippen molar-refractivity contribution >= 4 is 5.91 Å². The van der Waals surface area contributed by atoms with Gasteiger partial charge in [-0.1, -0.05) is 18.2 Å². The van der Waals surface area contributed by atoms with E-state index in [9.17, 15) is 9.18 Å². The normalized spacial score (nSPS) is 9.93. The first kappa shape index (κ1) is 10.7. The van der Waals surface area contributed by atoms with Gasteiger partial charge in [-0.05, 0) is 18.1 Å². The molecule has 0 bridgehead atoms. The van der Waals surface area contributed by atoms with Gasteiger partial charge in [0.1, 0.15) is 5.82 Å². The highest BCUT2D eigenvalue weighted by atomic mass is 19.1. The van der Waals surface area contributed by atoms with Crippen LogP contribution in [0, 0.1) is 5.82 Å². The van der Waals surface area contributed by atoms with E-state index in [0.717, 1.165) is 0 Å². The van der Waals surface area contributed by atoms with E-state index < -0.39 is 0 Å². The molecule has 0 radical (unpaired) electrons. The minimum absolute atomic E-state index is 0.0215. The number of carbonyl (C=O) groups excluding carboxylic acids is 1. The Morgan fingerprint density at radius 3 is 2.57 bits per heavy atom. The molecule has 1 aromatic carbocycles. The second-order valence-electron chi connectivity index (χ2n) is 3.38. The lowest BCUT2D eigenvalue weighted by Crippen LogP contribution is -2.21. The van der Waals surface area contributed by atoms with E-state index in [1.165, 1.54) is 11.0 Å². The predicted octanol–water partition coefficient (Wildman–Crippen LogP) is 1.85. The highest BCUT2D eigenvalue weighted by Gasteiger charge is 2.06. The number of halogens is 1. The first-order valence-corrected chi connectivity index (χ1v) is 4.55. The third kappa shape index (κ3) is 2.83. The van der Waals surface area contributed by atoms with Crippen molar-refractivity contribution in [2.75, 3.05) is 14.1 Å². The fourth-order valence-corrected chi connectivity index (χ4v) is 1.17. The highest BCUT2D eigenvalue weighted by Crippen LogP contribution is 2.09. The molecule has 1 amide bonds.